The molecule has 1 amide bonds. The van der Waals surface area contributed by atoms with Gasteiger partial charge in [0.25, 0.3) is 5.91 Å². The van der Waals surface area contributed by atoms with E-state index < -0.39 is 5.97 Å². The van der Waals surface area contributed by atoms with Gasteiger partial charge in [-0.05, 0) is 94.3 Å². The smallest absolute Gasteiger partial charge is 0.337 e. The summed E-state index contributed by atoms with van der Waals surface area (Å²) in [5, 5.41) is 9.49. The van der Waals surface area contributed by atoms with Crippen LogP contribution >= 0.6 is 27.7 Å². The lowest BCUT2D eigenvalue weighted by molar-refractivity contribution is -0.122. The number of halogens is 1. The van der Waals surface area contributed by atoms with Gasteiger partial charge in [-0.2, -0.15) is 5.26 Å². The molecule has 0 N–H and O–H groups in total. The fourth-order valence-electron chi connectivity index (χ4n) is 3.75. The van der Waals surface area contributed by atoms with Crippen LogP contribution in [0.5, 0.6) is 11.5 Å². The Labute approximate surface area is 239 Å². The first-order valence-electron chi connectivity index (χ1n) is 11.8. The van der Waals surface area contributed by atoms with E-state index in [0.29, 0.717) is 49.4 Å². The SMILES string of the molecule is CCN1C(=O)C(=Cc2cc(Br)c(OCc3ccc(C#N)cc3)c(OC)c2)SC1=Nc1cccc(C(=O)OC)c1. The minimum Gasteiger partial charge on any atom is -0.493 e. The zero-order valence-corrected chi connectivity index (χ0v) is 23.8. The predicted octanol–water partition coefficient (Wildman–Crippen LogP) is 6.32. The lowest BCUT2D eigenvalue weighted by Crippen LogP contribution is -2.28. The topological polar surface area (TPSA) is 101 Å². The second-order valence-corrected chi connectivity index (χ2v) is 10.1. The van der Waals surface area contributed by atoms with Gasteiger partial charge >= 0.3 is 5.97 Å². The third-order valence-corrected chi connectivity index (χ3v) is 7.31. The zero-order chi connectivity index (χ0) is 27.9. The van der Waals surface area contributed by atoms with Gasteiger partial charge in [0.15, 0.2) is 16.7 Å². The molecule has 0 atom stereocenters. The average molecular weight is 606 g/mol. The van der Waals surface area contributed by atoms with Crippen LogP contribution < -0.4 is 9.47 Å². The van der Waals surface area contributed by atoms with Crippen LogP contribution in [-0.4, -0.2) is 42.7 Å². The van der Waals surface area contributed by atoms with Crippen molar-refractivity contribution < 1.29 is 23.8 Å². The van der Waals surface area contributed by atoms with Crippen LogP contribution in [0.4, 0.5) is 5.69 Å². The van der Waals surface area contributed by atoms with E-state index in [1.165, 1.54) is 18.9 Å². The molecule has 1 fully saturated rings. The van der Waals surface area contributed by atoms with Crippen molar-refractivity contribution in [1.82, 2.24) is 4.90 Å². The quantitative estimate of drug-likeness (QED) is 0.219. The fraction of sp³-hybridized carbons (Fsp3) is 0.172. The summed E-state index contributed by atoms with van der Waals surface area (Å²) in [6, 6.07) is 19.6. The maximum Gasteiger partial charge on any atom is 0.337 e. The summed E-state index contributed by atoms with van der Waals surface area (Å²) in [4.78, 5) is 31.8. The number of nitriles is 1. The van der Waals surface area contributed by atoms with E-state index in [0.717, 1.165) is 11.1 Å². The highest BCUT2D eigenvalue weighted by Gasteiger charge is 2.32. The first-order chi connectivity index (χ1) is 18.9. The van der Waals surface area contributed by atoms with Crippen molar-refractivity contribution in [3.63, 3.8) is 0 Å². The Balaban J connectivity index is 1.58. The molecule has 4 rings (SSSR count). The summed E-state index contributed by atoms with van der Waals surface area (Å²) >= 11 is 4.82. The number of ether oxygens (including phenoxy) is 3. The van der Waals surface area contributed by atoms with Crippen LogP contribution in [0.3, 0.4) is 0 Å². The lowest BCUT2D eigenvalue weighted by atomic mass is 10.1. The molecule has 0 aliphatic carbocycles. The van der Waals surface area contributed by atoms with E-state index in [9.17, 15) is 9.59 Å². The molecule has 0 radical (unpaired) electrons. The number of aliphatic imine (C=N–C) groups is 1. The van der Waals surface area contributed by atoms with E-state index in [2.05, 4.69) is 27.0 Å². The fourth-order valence-corrected chi connectivity index (χ4v) is 5.38. The number of methoxy groups -OCH3 is 2. The highest BCUT2D eigenvalue weighted by Crippen LogP contribution is 2.40. The molecule has 8 nitrogen and oxygen atoms in total. The zero-order valence-electron chi connectivity index (χ0n) is 21.4. The number of carbonyl (C=O) groups is 2. The summed E-state index contributed by atoms with van der Waals surface area (Å²) in [6.45, 7) is 2.60. The van der Waals surface area contributed by atoms with Gasteiger partial charge < -0.3 is 14.2 Å². The van der Waals surface area contributed by atoms with Gasteiger partial charge in [-0.15, -0.1) is 0 Å². The molecule has 0 saturated carbocycles. The number of carbonyl (C=O) groups excluding carboxylic acids is 2. The van der Waals surface area contributed by atoms with Crippen molar-refractivity contribution in [2.24, 2.45) is 4.99 Å². The number of amides is 1. The Kier molecular flexibility index (Phi) is 9.07. The van der Waals surface area contributed by atoms with Gasteiger partial charge in [-0.3, -0.25) is 9.69 Å². The molecule has 1 saturated heterocycles. The molecule has 3 aromatic rings. The van der Waals surface area contributed by atoms with Crippen LogP contribution in [0.15, 0.2) is 75.0 Å². The molecule has 1 aliphatic heterocycles. The van der Waals surface area contributed by atoms with E-state index in [1.54, 1.807) is 60.6 Å². The van der Waals surface area contributed by atoms with Crippen molar-refractivity contribution in [2.75, 3.05) is 20.8 Å². The number of rotatable bonds is 8. The van der Waals surface area contributed by atoms with Crippen LogP contribution in [0.2, 0.25) is 0 Å². The number of benzene rings is 3. The third-order valence-electron chi connectivity index (χ3n) is 5.71. The summed E-state index contributed by atoms with van der Waals surface area (Å²) in [7, 11) is 2.87. The van der Waals surface area contributed by atoms with E-state index >= 15 is 0 Å². The Morgan fingerprint density at radius 3 is 2.59 bits per heavy atom. The Bertz CT molecular complexity index is 1510. The first-order valence-corrected chi connectivity index (χ1v) is 13.5. The number of likely N-dealkylation sites (N-methyl/N-ethyl adjacent to an activating group) is 1. The van der Waals surface area contributed by atoms with Gasteiger partial charge in [-0.25, -0.2) is 9.79 Å². The van der Waals surface area contributed by atoms with Crippen molar-refractivity contribution in [1.29, 1.82) is 5.26 Å². The molecule has 0 spiro atoms. The van der Waals surface area contributed by atoms with E-state index in [-0.39, 0.29) is 12.5 Å². The molecule has 0 aromatic heterocycles. The van der Waals surface area contributed by atoms with Gasteiger partial charge in [0, 0.05) is 6.54 Å². The van der Waals surface area contributed by atoms with Gasteiger partial charge in [-0.1, -0.05) is 18.2 Å². The number of esters is 1. The molecule has 1 aliphatic rings. The monoisotopic (exact) mass is 605 g/mol. The number of amidine groups is 1. The molecule has 198 valence electrons. The molecule has 39 heavy (non-hydrogen) atoms. The highest BCUT2D eigenvalue weighted by atomic mass is 79.9. The predicted molar refractivity (Wildman–Crippen MR) is 154 cm³/mol. The van der Waals surface area contributed by atoms with Crippen molar-refractivity contribution in [3.05, 3.63) is 92.3 Å². The number of hydrogen-bond acceptors (Lipinski definition) is 8. The standard InChI is InChI=1S/C29H24BrN3O5S/c1-4-33-27(34)25(39-29(33)32-22-7-5-6-21(15-22)28(35)37-3)14-20-12-23(30)26(24(13-20)36-2)38-17-19-10-8-18(16-31)9-11-19/h5-15H,4,17H2,1-3H3. The minimum atomic E-state index is -0.455. The molecule has 0 unspecified atom stereocenters. The Morgan fingerprint density at radius 2 is 1.92 bits per heavy atom. The van der Waals surface area contributed by atoms with E-state index in [1.807, 2.05) is 25.1 Å². The first kappa shape index (κ1) is 28.0. The van der Waals surface area contributed by atoms with Gasteiger partial charge in [0.05, 0.1) is 46.5 Å². The van der Waals surface area contributed by atoms with Gasteiger partial charge in [0.1, 0.15) is 6.61 Å². The number of thioether (sulfide) groups is 1. The van der Waals surface area contributed by atoms with Crippen LogP contribution in [-0.2, 0) is 16.1 Å². The van der Waals surface area contributed by atoms with Crippen molar-refractivity contribution in [3.8, 4) is 17.6 Å². The molecular formula is C29H24BrN3O5S. The largest absolute Gasteiger partial charge is 0.493 e. The van der Waals surface area contributed by atoms with E-state index in [4.69, 9.17) is 19.5 Å². The summed E-state index contributed by atoms with van der Waals surface area (Å²) in [5.41, 5.74) is 3.15. The number of hydrogen-bond donors (Lipinski definition) is 0. The molecule has 0 bridgehead atoms. The lowest BCUT2D eigenvalue weighted by Gasteiger charge is -2.14. The van der Waals surface area contributed by atoms with Gasteiger partial charge in [0.2, 0.25) is 0 Å². The number of nitrogens with zero attached hydrogens (tertiary/aromatic N) is 3. The summed E-state index contributed by atoms with van der Waals surface area (Å²) < 4.78 is 17.0. The van der Waals surface area contributed by atoms with Crippen LogP contribution in [0, 0.1) is 11.3 Å². The van der Waals surface area contributed by atoms with Crippen molar-refractivity contribution >= 4 is 56.5 Å². The van der Waals surface area contributed by atoms with Crippen LogP contribution in [0.1, 0.15) is 34.0 Å². The molecule has 10 heteroatoms. The third kappa shape index (κ3) is 6.50. The molecule has 3 aromatic carbocycles. The maximum atomic E-state index is 13.2. The Hall–Kier alpha value is -4.07. The normalized spacial score (nSPS) is 14.9. The Morgan fingerprint density at radius 1 is 1.15 bits per heavy atom. The summed E-state index contributed by atoms with van der Waals surface area (Å²) in [6.07, 6.45) is 1.78. The molecular weight excluding hydrogens is 582 g/mol. The van der Waals surface area contributed by atoms with Crippen LogP contribution in [0.25, 0.3) is 6.08 Å². The van der Waals surface area contributed by atoms with Crippen molar-refractivity contribution in [2.45, 2.75) is 13.5 Å². The second kappa shape index (κ2) is 12.7. The second-order valence-electron chi connectivity index (χ2n) is 8.23. The minimum absolute atomic E-state index is 0.165. The maximum absolute atomic E-state index is 13.2. The highest BCUT2D eigenvalue weighted by molar-refractivity contribution is 9.10. The summed E-state index contributed by atoms with van der Waals surface area (Å²) in [5.74, 6) is 0.407. The average Bonchev–Trinajstić information content (AvgIpc) is 3.24. The molecule has 1 heterocycles.